The lowest BCUT2D eigenvalue weighted by Gasteiger charge is -2.21. The Bertz CT molecular complexity index is 588. The van der Waals surface area contributed by atoms with Crippen LogP contribution in [0.25, 0.3) is 0 Å². The summed E-state index contributed by atoms with van der Waals surface area (Å²) in [7, 11) is 0. The average Bonchev–Trinajstić information content (AvgIpc) is 2.35. The SMILES string of the molecule is C.Cc1ccc2c(c1)Sc1cc(NO)ccc1N2.O. The van der Waals surface area contributed by atoms with Crippen molar-refractivity contribution < 1.29 is 10.7 Å². The monoisotopic (exact) mass is 278 g/mol. The number of hydrogen-bond acceptors (Lipinski definition) is 4. The topological polar surface area (TPSA) is 75.8 Å². The first-order chi connectivity index (χ1) is 8.26. The van der Waals surface area contributed by atoms with E-state index in [4.69, 9.17) is 5.21 Å². The maximum absolute atomic E-state index is 8.90. The van der Waals surface area contributed by atoms with Gasteiger partial charge in [-0.25, -0.2) is 0 Å². The molecule has 3 rings (SSSR count). The molecular formula is C14H18N2O2S. The molecule has 5 N–H and O–H groups in total. The van der Waals surface area contributed by atoms with Crippen LogP contribution in [0.1, 0.15) is 13.0 Å². The van der Waals surface area contributed by atoms with Crippen molar-refractivity contribution in [3.63, 3.8) is 0 Å². The second-order valence-corrected chi connectivity index (χ2v) is 5.13. The molecule has 1 heterocycles. The molecule has 5 heteroatoms. The fourth-order valence-corrected chi connectivity index (χ4v) is 2.99. The van der Waals surface area contributed by atoms with Gasteiger partial charge in [0.2, 0.25) is 0 Å². The summed E-state index contributed by atoms with van der Waals surface area (Å²) in [5, 5.41) is 12.3. The number of rotatable bonds is 1. The lowest BCUT2D eigenvalue weighted by Crippen LogP contribution is -2.00. The third-order valence-electron chi connectivity index (χ3n) is 2.74. The first-order valence-corrected chi connectivity index (χ1v) is 6.17. The molecule has 0 saturated heterocycles. The summed E-state index contributed by atoms with van der Waals surface area (Å²) < 4.78 is 0. The minimum Gasteiger partial charge on any atom is -0.412 e. The summed E-state index contributed by atoms with van der Waals surface area (Å²) in [4.78, 5) is 2.33. The minimum absolute atomic E-state index is 0. The van der Waals surface area contributed by atoms with Gasteiger partial charge in [0.05, 0.1) is 17.1 Å². The Morgan fingerprint density at radius 1 is 1.05 bits per heavy atom. The Balaban J connectivity index is 0.000000902. The van der Waals surface area contributed by atoms with E-state index in [1.165, 1.54) is 10.5 Å². The molecule has 2 aromatic rings. The number of benzene rings is 2. The van der Waals surface area contributed by atoms with Gasteiger partial charge in [-0.2, -0.15) is 0 Å². The van der Waals surface area contributed by atoms with Gasteiger partial charge >= 0.3 is 0 Å². The van der Waals surface area contributed by atoms with Crippen LogP contribution >= 0.6 is 11.8 Å². The van der Waals surface area contributed by atoms with Gasteiger partial charge in [-0.05, 0) is 42.8 Å². The van der Waals surface area contributed by atoms with E-state index in [1.54, 1.807) is 11.8 Å². The lowest BCUT2D eigenvalue weighted by atomic mass is 10.2. The summed E-state index contributed by atoms with van der Waals surface area (Å²) in [5.41, 5.74) is 6.33. The van der Waals surface area contributed by atoms with Crippen LogP contribution in [0.5, 0.6) is 0 Å². The van der Waals surface area contributed by atoms with Gasteiger partial charge in [-0.1, -0.05) is 25.3 Å². The van der Waals surface area contributed by atoms with E-state index in [0.29, 0.717) is 5.69 Å². The third kappa shape index (κ3) is 2.84. The first-order valence-electron chi connectivity index (χ1n) is 5.36. The number of aryl methyl sites for hydroxylation is 1. The van der Waals surface area contributed by atoms with Gasteiger partial charge in [-0.15, -0.1) is 0 Å². The molecule has 1 aliphatic heterocycles. The van der Waals surface area contributed by atoms with Gasteiger partial charge in [0.15, 0.2) is 0 Å². The number of fused-ring (bicyclic) bond motifs is 2. The van der Waals surface area contributed by atoms with Crippen molar-refractivity contribution in [2.75, 3.05) is 10.8 Å². The highest BCUT2D eigenvalue weighted by molar-refractivity contribution is 7.99. The van der Waals surface area contributed by atoms with Gasteiger partial charge in [0, 0.05) is 9.79 Å². The highest BCUT2D eigenvalue weighted by Gasteiger charge is 2.15. The summed E-state index contributed by atoms with van der Waals surface area (Å²) in [6, 6.07) is 12.1. The van der Waals surface area contributed by atoms with Gasteiger partial charge < -0.3 is 10.8 Å². The largest absolute Gasteiger partial charge is 0.412 e. The Morgan fingerprint density at radius 2 is 1.68 bits per heavy atom. The van der Waals surface area contributed by atoms with Crippen LogP contribution < -0.4 is 10.8 Å². The summed E-state index contributed by atoms with van der Waals surface area (Å²) >= 11 is 1.71. The maximum Gasteiger partial charge on any atom is 0.0614 e. The van der Waals surface area contributed by atoms with Crippen LogP contribution in [0.3, 0.4) is 0 Å². The van der Waals surface area contributed by atoms with Crippen molar-refractivity contribution in [1.82, 2.24) is 0 Å². The smallest absolute Gasteiger partial charge is 0.0614 e. The van der Waals surface area contributed by atoms with E-state index in [9.17, 15) is 0 Å². The van der Waals surface area contributed by atoms with Crippen LogP contribution in [0.2, 0.25) is 0 Å². The van der Waals surface area contributed by atoms with Crippen molar-refractivity contribution in [3.8, 4) is 0 Å². The van der Waals surface area contributed by atoms with Gasteiger partial charge in [0.25, 0.3) is 0 Å². The Hall–Kier alpha value is -1.69. The fourth-order valence-electron chi connectivity index (χ4n) is 1.86. The molecule has 0 unspecified atom stereocenters. The van der Waals surface area contributed by atoms with E-state index in [1.807, 2.05) is 18.2 Å². The molecule has 0 fully saturated rings. The molecule has 0 amide bonds. The molecule has 4 nitrogen and oxygen atoms in total. The quantitative estimate of drug-likeness (QED) is 0.591. The van der Waals surface area contributed by atoms with E-state index in [-0.39, 0.29) is 12.9 Å². The van der Waals surface area contributed by atoms with Crippen LogP contribution in [0, 0.1) is 6.92 Å². The molecule has 0 radical (unpaired) electrons. The molecule has 2 aromatic carbocycles. The second kappa shape index (κ2) is 5.97. The first kappa shape index (κ1) is 15.4. The Labute approximate surface area is 117 Å². The summed E-state index contributed by atoms with van der Waals surface area (Å²) in [6.07, 6.45) is 0. The average molecular weight is 278 g/mol. The second-order valence-electron chi connectivity index (χ2n) is 4.05. The van der Waals surface area contributed by atoms with Gasteiger partial charge in [-0.3, -0.25) is 10.7 Å². The van der Waals surface area contributed by atoms with Crippen LogP contribution in [0.4, 0.5) is 17.1 Å². The van der Waals surface area contributed by atoms with Gasteiger partial charge in [0.1, 0.15) is 0 Å². The molecular weight excluding hydrogens is 260 g/mol. The standard InChI is InChI=1S/C13H12N2OS.CH4.H2O/c1-8-2-4-10-12(6-8)17-13-7-9(15-16)3-5-11(13)14-10;;/h2-7,14-16H,1H3;1H4;1H2. The number of anilines is 3. The molecule has 0 bridgehead atoms. The highest BCUT2D eigenvalue weighted by atomic mass is 32.2. The van der Waals surface area contributed by atoms with E-state index in [2.05, 4.69) is 35.9 Å². The molecule has 19 heavy (non-hydrogen) atoms. The minimum atomic E-state index is 0. The van der Waals surface area contributed by atoms with Crippen LogP contribution in [-0.2, 0) is 0 Å². The zero-order valence-corrected chi connectivity index (χ0v) is 10.6. The molecule has 0 saturated carbocycles. The van der Waals surface area contributed by atoms with Crippen molar-refractivity contribution in [2.24, 2.45) is 0 Å². The molecule has 0 aromatic heterocycles. The van der Waals surface area contributed by atoms with E-state index in [0.717, 1.165) is 16.3 Å². The Kier molecular flexibility index (Phi) is 4.83. The normalized spacial score (nSPS) is 11.1. The zero-order valence-electron chi connectivity index (χ0n) is 9.82. The Morgan fingerprint density at radius 3 is 2.37 bits per heavy atom. The predicted octanol–water partition coefficient (Wildman–Crippen LogP) is 3.82. The predicted molar refractivity (Wildman–Crippen MR) is 80.8 cm³/mol. The zero-order chi connectivity index (χ0) is 11.8. The maximum atomic E-state index is 8.90. The van der Waals surface area contributed by atoms with Crippen molar-refractivity contribution in [2.45, 2.75) is 24.1 Å². The molecule has 0 atom stereocenters. The van der Waals surface area contributed by atoms with Crippen LogP contribution in [-0.4, -0.2) is 10.7 Å². The number of nitrogens with one attached hydrogen (secondary N) is 2. The van der Waals surface area contributed by atoms with Crippen LogP contribution in [0.15, 0.2) is 46.2 Å². The number of hydrogen-bond donors (Lipinski definition) is 3. The summed E-state index contributed by atoms with van der Waals surface area (Å²) in [5.74, 6) is 0. The lowest BCUT2D eigenvalue weighted by molar-refractivity contribution is 0.389. The highest BCUT2D eigenvalue weighted by Crippen LogP contribution is 2.45. The third-order valence-corrected chi connectivity index (χ3v) is 3.85. The van der Waals surface area contributed by atoms with Crippen molar-refractivity contribution in [1.29, 1.82) is 0 Å². The molecule has 0 spiro atoms. The van der Waals surface area contributed by atoms with Crippen molar-refractivity contribution in [3.05, 3.63) is 42.0 Å². The fraction of sp³-hybridized carbons (Fsp3) is 0.143. The van der Waals surface area contributed by atoms with E-state index < -0.39 is 0 Å². The van der Waals surface area contributed by atoms with E-state index >= 15 is 0 Å². The molecule has 1 aliphatic rings. The summed E-state index contributed by atoms with van der Waals surface area (Å²) in [6.45, 7) is 2.09. The molecule has 0 aliphatic carbocycles. The van der Waals surface area contributed by atoms with Crippen molar-refractivity contribution >= 4 is 28.8 Å². The molecule has 102 valence electrons.